The zero-order valence-corrected chi connectivity index (χ0v) is 15.6. The van der Waals surface area contributed by atoms with Crippen LogP contribution in [0.25, 0.3) is 0 Å². The van der Waals surface area contributed by atoms with Crippen LogP contribution < -0.4 is 5.32 Å². The van der Waals surface area contributed by atoms with Gasteiger partial charge in [-0.05, 0) is 68.8 Å². The van der Waals surface area contributed by atoms with Gasteiger partial charge in [-0.3, -0.25) is 14.5 Å². The summed E-state index contributed by atoms with van der Waals surface area (Å²) in [5.41, 5.74) is 1.26. The molecule has 6 nitrogen and oxygen atoms in total. The van der Waals surface area contributed by atoms with Crippen LogP contribution in [0.5, 0.6) is 5.75 Å². The van der Waals surface area contributed by atoms with E-state index >= 15 is 0 Å². The molecule has 1 aliphatic heterocycles. The van der Waals surface area contributed by atoms with Gasteiger partial charge in [0.15, 0.2) is 0 Å². The van der Waals surface area contributed by atoms with E-state index in [0.29, 0.717) is 37.6 Å². The average molecular weight is 362 g/mol. The molecule has 0 radical (unpaired) electrons. The van der Waals surface area contributed by atoms with E-state index in [9.17, 15) is 14.7 Å². The molecule has 2 N–H and O–H groups in total. The summed E-state index contributed by atoms with van der Waals surface area (Å²) in [5, 5.41) is 12.2. The fourth-order valence-electron chi connectivity index (χ4n) is 3.29. The number of aryl methyl sites for hydroxylation is 1. The number of benzene rings is 1. The van der Waals surface area contributed by atoms with Crippen molar-refractivity contribution in [1.29, 1.82) is 0 Å². The van der Waals surface area contributed by atoms with Gasteiger partial charge in [0.05, 0.1) is 13.7 Å². The summed E-state index contributed by atoms with van der Waals surface area (Å²) in [7, 11) is 1.37. The van der Waals surface area contributed by atoms with Gasteiger partial charge in [-0.2, -0.15) is 0 Å². The molecule has 144 valence electrons. The Morgan fingerprint density at radius 1 is 1.23 bits per heavy atom. The van der Waals surface area contributed by atoms with Crippen molar-refractivity contribution in [2.24, 2.45) is 5.92 Å². The van der Waals surface area contributed by atoms with Gasteiger partial charge in [0.1, 0.15) is 5.75 Å². The molecular formula is C20H30N2O4. The third-order valence-corrected chi connectivity index (χ3v) is 4.96. The molecular weight excluding hydrogens is 332 g/mol. The minimum Gasteiger partial charge on any atom is -0.508 e. The largest absolute Gasteiger partial charge is 0.508 e. The predicted molar refractivity (Wildman–Crippen MR) is 99.9 cm³/mol. The maximum atomic E-state index is 12.0. The van der Waals surface area contributed by atoms with Gasteiger partial charge in [-0.15, -0.1) is 0 Å². The number of methoxy groups -OCH3 is 1. The van der Waals surface area contributed by atoms with Gasteiger partial charge in [0.2, 0.25) is 5.91 Å². The molecule has 6 heteroatoms. The van der Waals surface area contributed by atoms with E-state index in [1.54, 1.807) is 12.1 Å². The lowest BCUT2D eigenvalue weighted by Crippen LogP contribution is -2.41. The van der Waals surface area contributed by atoms with Crippen LogP contribution in [0, 0.1) is 5.92 Å². The fraction of sp³-hybridized carbons (Fsp3) is 0.600. The first-order valence-electron chi connectivity index (χ1n) is 9.40. The fourth-order valence-corrected chi connectivity index (χ4v) is 3.29. The minimum absolute atomic E-state index is 0.0254. The monoisotopic (exact) mass is 362 g/mol. The smallest absolute Gasteiger partial charge is 0.305 e. The quantitative estimate of drug-likeness (QED) is 0.520. The van der Waals surface area contributed by atoms with Gasteiger partial charge in [-0.25, -0.2) is 0 Å². The molecule has 1 fully saturated rings. The first-order chi connectivity index (χ1) is 12.6. The van der Waals surface area contributed by atoms with E-state index in [1.807, 2.05) is 12.1 Å². The minimum atomic E-state index is -0.242. The summed E-state index contributed by atoms with van der Waals surface area (Å²) in [6.07, 6.45) is 5.37. The topological polar surface area (TPSA) is 78.9 Å². The highest BCUT2D eigenvalue weighted by molar-refractivity contribution is 5.78. The molecule has 1 heterocycles. The summed E-state index contributed by atoms with van der Waals surface area (Å²) in [5.74, 6) is 0.792. The highest BCUT2D eigenvalue weighted by atomic mass is 16.5. The van der Waals surface area contributed by atoms with Crippen LogP contribution in [0.1, 0.15) is 37.7 Å². The van der Waals surface area contributed by atoms with E-state index < -0.39 is 0 Å². The van der Waals surface area contributed by atoms with Crippen LogP contribution >= 0.6 is 0 Å². The molecule has 1 aliphatic rings. The Morgan fingerprint density at radius 3 is 2.58 bits per heavy atom. The molecule has 1 aromatic carbocycles. The maximum Gasteiger partial charge on any atom is 0.305 e. The highest BCUT2D eigenvalue weighted by Gasteiger charge is 2.20. The highest BCUT2D eigenvalue weighted by Crippen LogP contribution is 2.22. The maximum absolute atomic E-state index is 12.0. The standard InChI is InChI=1S/C20H30N2O4/c1-26-20(25)3-2-12-21-19(24)15-22-13-10-17(11-14-22)5-4-16-6-8-18(23)9-7-16/h6-9,17,23H,2-5,10-15H2,1H3,(H,21,24). The van der Waals surface area contributed by atoms with Crippen molar-refractivity contribution in [1.82, 2.24) is 10.2 Å². The van der Waals surface area contributed by atoms with Crippen LogP contribution in [0.15, 0.2) is 24.3 Å². The van der Waals surface area contributed by atoms with Crippen molar-refractivity contribution in [3.8, 4) is 5.75 Å². The SMILES string of the molecule is COC(=O)CCCNC(=O)CN1CCC(CCc2ccc(O)cc2)CC1. The van der Waals surface area contributed by atoms with Crippen molar-refractivity contribution in [3.63, 3.8) is 0 Å². The number of carbonyl (C=O) groups is 2. The van der Waals surface area contributed by atoms with Crippen molar-refractivity contribution < 1.29 is 19.4 Å². The number of rotatable bonds is 9. The van der Waals surface area contributed by atoms with Crippen LogP contribution in [0.3, 0.4) is 0 Å². The van der Waals surface area contributed by atoms with Crippen LogP contribution in [-0.4, -0.2) is 55.2 Å². The second kappa shape index (κ2) is 10.8. The van der Waals surface area contributed by atoms with E-state index in [1.165, 1.54) is 12.7 Å². The molecule has 0 unspecified atom stereocenters. The molecule has 0 bridgehead atoms. The average Bonchev–Trinajstić information content (AvgIpc) is 2.65. The second-order valence-corrected chi connectivity index (χ2v) is 6.95. The van der Waals surface area contributed by atoms with Gasteiger partial charge in [0.25, 0.3) is 0 Å². The number of hydrogen-bond donors (Lipinski definition) is 2. The lowest BCUT2D eigenvalue weighted by Gasteiger charge is -2.31. The van der Waals surface area contributed by atoms with E-state index in [-0.39, 0.29) is 11.9 Å². The molecule has 1 aromatic rings. The Kier molecular flexibility index (Phi) is 8.41. The zero-order chi connectivity index (χ0) is 18.8. The number of ether oxygens (including phenoxy) is 1. The summed E-state index contributed by atoms with van der Waals surface area (Å²) in [4.78, 5) is 25.2. The lowest BCUT2D eigenvalue weighted by atomic mass is 9.90. The summed E-state index contributed by atoms with van der Waals surface area (Å²) >= 11 is 0. The van der Waals surface area contributed by atoms with Gasteiger partial charge >= 0.3 is 5.97 Å². The molecule has 0 spiro atoms. The Labute approximate surface area is 155 Å². The van der Waals surface area contributed by atoms with Crippen molar-refractivity contribution in [2.45, 2.75) is 38.5 Å². The number of esters is 1. The summed E-state index contributed by atoms with van der Waals surface area (Å²) in [6, 6.07) is 7.44. The van der Waals surface area contributed by atoms with E-state index in [4.69, 9.17) is 0 Å². The van der Waals surface area contributed by atoms with Crippen LogP contribution in [0.4, 0.5) is 0 Å². The van der Waals surface area contributed by atoms with Crippen LogP contribution in [0.2, 0.25) is 0 Å². The molecule has 0 aromatic heterocycles. The first-order valence-corrected chi connectivity index (χ1v) is 9.40. The van der Waals surface area contributed by atoms with Crippen LogP contribution in [-0.2, 0) is 20.7 Å². The number of hydrogen-bond acceptors (Lipinski definition) is 5. The third kappa shape index (κ3) is 7.44. The summed E-state index contributed by atoms with van der Waals surface area (Å²) in [6.45, 7) is 2.85. The first kappa shape index (κ1) is 20.2. The normalized spacial score (nSPS) is 15.6. The number of amides is 1. The molecule has 1 saturated heterocycles. The Balaban J connectivity index is 1.57. The molecule has 0 atom stereocenters. The van der Waals surface area contributed by atoms with Crippen molar-refractivity contribution >= 4 is 11.9 Å². The Bertz CT molecular complexity index is 566. The molecule has 1 amide bonds. The number of piperidine rings is 1. The lowest BCUT2D eigenvalue weighted by molar-refractivity contribution is -0.140. The second-order valence-electron chi connectivity index (χ2n) is 6.95. The molecule has 2 rings (SSSR count). The third-order valence-electron chi connectivity index (χ3n) is 4.96. The molecule has 0 aliphatic carbocycles. The predicted octanol–water partition coefficient (Wildman–Crippen LogP) is 2.11. The number of carbonyl (C=O) groups excluding carboxylic acids is 2. The van der Waals surface area contributed by atoms with Gasteiger partial charge < -0.3 is 15.2 Å². The number of aromatic hydroxyl groups is 1. The Hall–Kier alpha value is -2.08. The Morgan fingerprint density at radius 2 is 1.92 bits per heavy atom. The van der Waals surface area contributed by atoms with Crippen molar-refractivity contribution in [2.75, 3.05) is 33.3 Å². The van der Waals surface area contributed by atoms with Crippen molar-refractivity contribution in [3.05, 3.63) is 29.8 Å². The molecule has 0 saturated carbocycles. The molecule has 26 heavy (non-hydrogen) atoms. The number of phenolic OH excluding ortho intramolecular Hbond substituents is 1. The zero-order valence-electron chi connectivity index (χ0n) is 15.6. The number of nitrogens with one attached hydrogen (secondary N) is 1. The van der Waals surface area contributed by atoms with Gasteiger partial charge in [-0.1, -0.05) is 12.1 Å². The van der Waals surface area contributed by atoms with Gasteiger partial charge in [0, 0.05) is 13.0 Å². The van der Waals surface area contributed by atoms with E-state index in [0.717, 1.165) is 38.8 Å². The number of likely N-dealkylation sites (tertiary alicyclic amines) is 1. The van der Waals surface area contributed by atoms with E-state index in [2.05, 4.69) is 15.0 Å². The number of phenols is 1. The number of nitrogens with zero attached hydrogens (tertiary/aromatic N) is 1. The summed E-state index contributed by atoms with van der Waals surface area (Å²) < 4.78 is 4.57.